The molecule has 0 bridgehead atoms. The molecule has 23 heteroatoms. The van der Waals surface area contributed by atoms with Crippen molar-refractivity contribution in [3.05, 3.63) is 39.9 Å². The molecule has 12 atom stereocenters. The molecule has 2 amide bonds. The van der Waals surface area contributed by atoms with Gasteiger partial charge in [0.15, 0.2) is 10.9 Å². The van der Waals surface area contributed by atoms with Crippen molar-refractivity contribution >= 4 is 82.0 Å². The van der Waals surface area contributed by atoms with E-state index in [-0.39, 0.29) is 17.2 Å². The number of hydrogen-bond acceptors (Lipinski definition) is 17. The number of alkyl halides is 3. The van der Waals surface area contributed by atoms with Crippen molar-refractivity contribution in [1.82, 2.24) is 15.5 Å². The monoisotopic (exact) mass is 915 g/mol. The van der Waals surface area contributed by atoms with Gasteiger partial charge in [0.05, 0.1) is 41.3 Å². The number of carbonyl (C=O) groups is 5. The number of rotatable bonds is 21. The molecule has 332 valence electrons. The highest BCUT2D eigenvalue weighted by molar-refractivity contribution is 7.99. The van der Waals surface area contributed by atoms with E-state index in [4.69, 9.17) is 59.5 Å². The number of likely N-dealkylation sites (tertiary alicyclic amines) is 1. The Bertz CT molecular complexity index is 1600. The first-order valence-corrected chi connectivity index (χ1v) is 21.4. The van der Waals surface area contributed by atoms with Crippen molar-refractivity contribution in [2.75, 3.05) is 33.1 Å². The van der Waals surface area contributed by atoms with Crippen LogP contribution in [0.3, 0.4) is 0 Å². The van der Waals surface area contributed by atoms with Gasteiger partial charge in [0, 0.05) is 18.7 Å². The van der Waals surface area contributed by atoms with Crippen LogP contribution in [-0.2, 0) is 42.9 Å². The molecule has 1 aromatic rings. The van der Waals surface area contributed by atoms with Crippen LogP contribution in [0.1, 0.15) is 57.6 Å². The second kappa shape index (κ2) is 23.8. The molecule has 0 aromatic heterocycles. The molecular weight excluding hydrogens is 865 g/mol. The van der Waals surface area contributed by atoms with E-state index in [1.807, 2.05) is 11.9 Å². The minimum atomic E-state index is -1.65. The lowest BCUT2D eigenvalue weighted by Crippen LogP contribution is -2.65. The van der Waals surface area contributed by atoms with Gasteiger partial charge in [0.2, 0.25) is 5.91 Å². The van der Waals surface area contributed by atoms with Crippen molar-refractivity contribution in [2.45, 2.75) is 116 Å². The average Bonchev–Trinajstić information content (AvgIpc) is 3.57. The summed E-state index contributed by atoms with van der Waals surface area (Å²) in [6.07, 6.45) is -4.13. The molecule has 1 aromatic carbocycles. The maximum absolute atomic E-state index is 13.4. The fraction of sp³-hybridized carbons (Fsp3) is 0.694. The highest BCUT2D eigenvalue weighted by Gasteiger charge is 2.50. The third-order valence-corrected chi connectivity index (χ3v) is 11.4. The summed E-state index contributed by atoms with van der Waals surface area (Å²) in [5, 5.41) is 48.5. The SMILES string of the molecule is CCCC1CC(C(=O)N[C@H](C(C)Cl)[C@H]2O[C@H](SC)[C@H](OC(=O)CCC(=O)OCC(N)C(=O)OCC(NC(=O)C(Cl)Cl)C(O)c3ccc([N+](=O)[O-])cc3)[C@@H](O)[C@H]2O)N(C)C1. The number of benzene rings is 1. The number of nitrogens with one attached hydrogen (secondary N) is 2. The van der Waals surface area contributed by atoms with Crippen LogP contribution in [0.2, 0.25) is 0 Å². The molecule has 2 saturated heterocycles. The van der Waals surface area contributed by atoms with Crippen molar-refractivity contribution in [1.29, 1.82) is 0 Å². The highest BCUT2D eigenvalue weighted by Crippen LogP contribution is 2.33. The van der Waals surface area contributed by atoms with Crippen LogP contribution < -0.4 is 16.4 Å². The number of nitro benzene ring substituents is 1. The zero-order valence-electron chi connectivity index (χ0n) is 32.8. The van der Waals surface area contributed by atoms with Gasteiger partial charge in [0.25, 0.3) is 11.6 Å². The lowest BCUT2D eigenvalue weighted by Gasteiger charge is -2.45. The smallest absolute Gasteiger partial charge is 0.326 e. The van der Waals surface area contributed by atoms with E-state index in [9.17, 15) is 49.4 Å². The number of nitrogens with zero attached hydrogens (tertiary/aromatic N) is 2. The molecule has 2 aliphatic rings. The Morgan fingerprint density at radius 3 is 2.27 bits per heavy atom. The summed E-state index contributed by atoms with van der Waals surface area (Å²) < 4.78 is 21.6. The second-order valence-corrected chi connectivity index (χ2v) is 17.0. The van der Waals surface area contributed by atoms with Crippen molar-refractivity contribution in [3.63, 3.8) is 0 Å². The van der Waals surface area contributed by atoms with Crippen molar-refractivity contribution < 1.29 is 63.2 Å². The van der Waals surface area contributed by atoms with Gasteiger partial charge in [-0.15, -0.1) is 23.4 Å². The number of likely N-dealkylation sites (N-methyl/N-ethyl adjacent to an activating group) is 1. The van der Waals surface area contributed by atoms with Crippen LogP contribution in [0.5, 0.6) is 0 Å². The van der Waals surface area contributed by atoms with E-state index in [1.165, 1.54) is 12.1 Å². The molecule has 7 N–H and O–H groups in total. The van der Waals surface area contributed by atoms with Crippen LogP contribution in [0, 0.1) is 16.0 Å². The molecule has 0 aliphatic carbocycles. The van der Waals surface area contributed by atoms with Gasteiger partial charge in [0.1, 0.15) is 49.1 Å². The van der Waals surface area contributed by atoms with E-state index in [2.05, 4.69) is 17.6 Å². The summed E-state index contributed by atoms with van der Waals surface area (Å²) >= 11 is 18.8. The molecule has 2 heterocycles. The minimum Gasteiger partial charge on any atom is -0.463 e. The number of ether oxygens (including phenoxy) is 4. The Hall–Kier alpha value is -3.05. The van der Waals surface area contributed by atoms with Gasteiger partial charge in [-0.25, -0.2) is 0 Å². The minimum absolute atomic E-state index is 0.118. The zero-order chi connectivity index (χ0) is 44.1. The molecule has 6 unspecified atom stereocenters. The van der Waals surface area contributed by atoms with Gasteiger partial charge < -0.3 is 50.6 Å². The van der Waals surface area contributed by atoms with Crippen LogP contribution in [0.25, 0.3) is 0 Å². The molecule has 19 nitrogen and oxygen atoms in total. The molecular formula is C36H52Cl3N5O14S. The Morgan fingerprint density at radius 1 is 1.05 bits per heavy atom. The van der Waals surface area contributed by atoms with Crippen LogP contribution in [0.4, 0.5) is 5.69 Å². The molecule has 0 saturated carbocycles. The quantitative estimate of drug-likeness (QED) is 0.0331. The molecule has 2 aliphatic heterocycles. The number of non-ortho nitro benzene ring substituents is 1. The number of hydrogen-bond donors (Lipinski definition) is 6. The number of halogens is 3. The highest BCUT2D eigenvalue weighted by atomic mass is 35.5. The van der Waals surface area contributed by atoms with Gasteiger partial charge in [-0.1, -0.05) is 36.5 Å². The largest absolute Gasteiger partial charge is 0.463 e. The Labute approximate surface area is 360 Å². The fourth-order valence-electron chi connectivity index (χ4n) is 6.72. The summed E-state index contributed by atoms with van der Waals surface area (Å²) in [5.41, 5.74) is 4.67. The third-order valence-electron chi connectivity index (χ3n) is 9.89. The topological polar surface area (TPSA) is 279 Å². The maximum Gasteiger partial charge on any atom is 0.326 e. The fourth-order valence-corrected chi connectivity index (χ4v) is 7.78. The first-order chi connectivity index (χ1) is 27.8. The summed E-state index contributed by atoms with van der Waals surface area (Å²) in [6.45, 7) is 3.12. The van der Waals surface area contributed by atoms with E-state index in [0.717, 1.165) is 43.3 Å². The number of aliphatic hydroxyl groups is 3. The van der Waals surface area contributed by atoms with Gasteiger partial charge >= 0.3 is 17.9 Å². The zero-order valence-corrected chi connectivity index (χ0v) is 35.9. The van der Waals surface area contributed by atoms with Gasteiger partial charge in [-0.05, 0) is 56.7 Å². The molecule has 3 rings (SSSR count). The van der Waals surface area contributed by atoms with Crippen molar-refractivity contribution in [2.24, 2.45) is 11.7 Å². The summed E-state index contributed by atoms with van der Waals surface area (Å²) in [4.78, 5) is 74.1. The number of thioether (sulfide) groups is 1. The summed E-state index contributed by atoms with van der Waals surface area (Å²) in [6, 6.07) is 0.504. The third kappa shape index (κ3) is 14.5. The number of amides is 2. The average molecular weight is 917 g/mol. The van der Waals surface area contributed by atoms with Gasteiger partial charge in [-0.3, -0.25) is 39.0 Å². The van der Waals surface area contributed by atoms with Crippen LogP contribution in [0.15, 0.2) is 24.3 Å². The number of nitrogens with two attached hydrogens (primary N) is 1. The molecule has 0 spiro atoms. The van der Waals surface area contributed by atoms with Crippen molar-refractivity contribution in [3.8, 4) is 0 Å². The Kier molecular flexibility index (Phi) is 20.3. The number of esters is 3. The lowest BCUT2D eigenvalue weighted by molar-refractivity contribution is -0.384. The van der Waals surface area contributed by atoms with E-state index in [1.54, 1.807) is 13.2 Å². The van der Waals surface area contributed by atoms with E-state index >= 15 is 0 Å². The van der Waals surface area contributed by atoms with E-state index in [0.29, 0.717) is 12.3 Å². The predicted octanol–water partition coefficient (Wildman–Crippen LogP) is 1.06. The standard InChI is InChI=1S/C36H52Cl3N5O14S/c1-5-6-18-13-23(43(3)14-18)33(50)42-26(17(2)37)30-28(48)29(49)31(36(58-30)59-4)57-25(46)12-11-24(45)55-15-21(40)35(52)56-16-22(41-34(51)32(38)39)27(47)19-7-9-20(10-8-19)44(53)54/h7-10,17-18,21-23,26-32,36,47-49H,5-6,11-16,40H2,1-4H3,(H,41,51)(H,42,50)/t17?,18?,21?,22?,23?,26-,27?,28-,29+,30-,31-,36-/m1/s1. The first kappa shape index (κ1) is 50.3. The molecule has 59 heavy (non-hydrogen) atoms. The Morgan fingerprint density at radius 2 is 1.69 bits per heavy atom. The summed E-state index contributed by atoms with van der Waals surface area (Å²) in [7, 11) is 1.87. The number of nitro groups is 1. The van der Waals surface area contributed by atoms with Crippen LogP contribution >= 0.6 is 46.6 Å². The lowest BCUT2D eigenvalue weighted by atomic mass is 9.92. The van der Waals surface area contributed by atoms with Gasteiger partial charge in [-0.2, -0.15) is 0 Å². The Balaban J connectivity index is 1.50. The number of aliphatic hydroxyl groups excluding tert-OH is 3. The molecule has 0 radical (unpaired) electrons. The summed E-state index contributed by atoms with van der Waals surface area (Å²) in [5.74, 6) is -3.85. The predicted molar refractivity (Wildman–Crippen MR) is 215 cm³/mol. The number of carbonyl (C=O) groups excluding carboxylic acids is 5. The normalized spacial score (nSPS) is 25.9. The molecule has 2 fully saturated rings. The maximum atomic E-state index is 13.4. The van der Waals surface area contributed by atoms with Crippen LogP contribution in [-0.4, -0.2) is 152 Å². The second-order valence-electron chi connectivity index (χ2n) is 14.3. The first-order valence-electron chi connectivity index (χ1n) is 18.8. The van der Waals surface area contributed by atoms with E-state index < -0.39 is 125 Å².